The Kier molecular flexibility index (Phi) is 21.4. The number of hydrogen-bond donors (Lipinski definition) is 13. The van der Waals surface area contributed by atoms with Gasteiger partial charge >= 0.3 is 5.97 Å². The molecule has 0 radical (unpaired) electrons. The van der Waals surface area contributed by atoms with Crippen molar-refractivity contribution < 1.29 is 39.0 Å². The molecule has 0 saturated heterocycles. The molecule has 22 nitrogen and oxygen atoms in total. The molecule has 18 N–H and O–H groups in total. The molecular weight excluding hydrogens is 720 g/mol. The van der Waals surface area contributed by atoms with E-state index in [-0.39, 0.29) is 75.4 Å². The van der Waals surface area contributed by atoms with Gasteiger partial charge in [-0.3, -0.25) is 34.0 Å². The quantitative estimate of drug-likeness (QED) is 0.0242. The highest BCUT2D eigenvalue weighted by Gasteiger charge is 2.33. The summed E-state index contributed by atoms with van der Waals surface area (Å²) in [5, 5.41) is 31.6. The van der Waals surface area contributed by atoms with Crippen LogP contribution >= 0.6 is 0 Å². The lowest BCUT2D eigenvalue weighted by Crippen LogP contribution is -2.59. The first kappa shape index (κ1) is 47.5. The summed E-state index contributed by atoms with van der Waals surface area (Å²) in [5.41, 5.74) is 28.2. The van der Waals surface area contributed by atoms with E-state index in [4.69, 9.17) is 28.7 Å². The number of aliphatic hydroxyl groups excluding tert-OH is 1. The van der Waals surface area contributed by atoms with Crippen molar-refractivity contribution in [2.24, 2.45) is 50.5 Å². The third-order valence-electron chi connectivity index (χ3n) is 7.97. The van der Waals surface area contributed by atoms with Crippen LogP contribution < -0.4 is 55.3 Å². The molecule has 5 amide bonds. The number of carboxylic acids is 1. The second-order valence-electron chi connectivity index (χ2n) is 13.9. The Bertz CT molecular complexity index is 1450. The average molecular weight is 781 g/mol. The minimum absolute atomic E-state index is 0.00843. The first-order valence-corrected chi connectivity index (χ1v) is 18.0. The van der Waals surface area contributed by atoms with Crippen LogP contribution in [0.4, 0.5) is 0 Å². The van der Waals surface area contributed by atoms with E-state index in [1.165, 1.54) is 12.5 Å². The third-order valence-corrected chi connectivity index (χ3v) is 7.97. The van der Waals surface area contributed by atoms with Crippen LogP contribution in [0.1, 0.15) is 71.9 Å². The summed E-state index contributed by atoms with van der Waals surface area (Å²) in [4.78, 5) is 93.6. The Hall–Kier alpha value is -5.51. The van der Waals surface area contributed by atoms with Crippen LogP contribution in [-0.4, -0.2) is 124 Å². The van der Waals surface area contributed by atoms with Crippen LogP contribution in [0.5, 0.6) is 0 Å². The van der Waals surface area contributed by atoms with Crippen molar-refractivity contribution in [2.75, 3.05) is 19.7 Å². The van der Waals surface area contributed by atoms with Crippen molar-refractivity contribution in [2.45, 2.75) is 109 Å². The van der Waals surface area contributed by atoms with Gasteiger partial charge in [0.1, 0.15) is 30.2 Å². The predicted molar refractivity (Wildman–Crippen MR) is 203 cm³/mol. The number of nitrogens with zero attached hydrogens (tertiary/aromatic N) is 3. The van der Waals surface area contributed by atoms with Crippen LogP contribution in [0.25, 0.3) is 0 Å². The first-order chi connectivity index (χ1) is 25.8. The number of imidazole rings is 1. The van der Waals surface area contributed by atoms with E-state index >= 15 is 0 Å². The van der Waals surface area contributed by atoms with Gasteiger partial charge < -0.3 is 70.4 Å². The Balaban J connectivity index is 3.43. The molecule has 55 heavy (non-hydrogen) atoms. The van der Waals surface area contributed by atoms with Crippen molar-refractivity contribution in [1.82, 2.24) is 36.6 Å². The topological polar surface area (TPSA) is 387 Å². The third kappa shape index (κ3) is 19.4. The van der Waals surface area contributed by atoms with Crippen molar-refractivity contribution in [3.63, 3.8) is 0 Å². The molecule has 1 rings (SSSR count). The maximum Gasteiger partial charge on any atom is 0.328 e. The number of aliphatic imine (C=N–C) groups is 2. The molecule has 0 aliphatic rings. The second-order valence-corrected chi connectivity index (χ2v) is 13.9. The van der Waals surface area contributed by atoms with Crippen LogP contribution in [-0.2, 0) is 35.2 Å². The standard InChI is InChI=1S/C33H60N14O8/c1-17(2)11-20(34)26(49)45-23(12-18(3)4)29(52)44-21(7-5-9-40-32(35)36)27(50)43-22(8-6-10-41-33(37)38)28(51)46-24(13-19-14-39-16-42-19)30(53)47-25(15-48)31(54)55/h14,16-18,20-25,48H,5-13,15,34H2,1-4H3,(H,39,42)(H,43,50)(H,44,52)(H,45,49)(H,46,51)(H,47,53)(H,54,55)(H4,35,36,40)(H4,37,38,41)/t20-,21-,22-,23-,24-,25-/m0/s1. The summed E-state index contributed by atoms with van der Waals surface area (Å²) in [7, 11) is 0. The number of aromatic amines is 1. The number of carboxylic acid groups (broad SMARTS) is 1. The number of nitrogens with two attached hydrogens (primary N) is 5. The van der Waals surface area contributed by atoms with Crippen LogP contribution in [0.2, 0.25) is 0 Å². The molecule has 310 valence electrons. The smallest absolute Gasteiger partial charge is 0.328 e. The molecule has 1 aromatic rings. The highest BCUT2D eigenvalue weighted by Crippen LogP contribution is 2.10. The van der Waals surface area contributed by atoms with E-state index < -0.39 is 78.4 Å². The molecule has 0 aliphatic heterocycles. The van der Waals surface area contributed by atoms with Crippen LogP contribution in [0.15, 0.2) is 22.5 Å². The molecule has 0 fully saturated rings. The fourth-order valence-corrected chi connectivity index (χ4v) is 5.24. The van der Waals surface area contributed by atoms with Crippen molar-refractivity contribution in [1.29, 1.82) is 0 Å². The normalized spacial score (nSPS) is 14.3. The van der Waals surface area contributed by atoms with E-state index in [0.717, 1.165) is 0 Å². The van der Waals surface area contributed by atoms with E-state index in [1.807, 2.05) is 27.7 Å². The van der Waals surface area contributed by atoms with E-state index in [1.54, 1.807) is 0 Å². The van der Waals surface area contributed by atoms with Crippen molar-refractivity contribution in [3.8, 4) is 0 Å². The monoisotopic (exact) mass is 780 g/mol. The summed E-state index contributed by atoms with van der Waals surface area (Å²) >= 11 is 0. The Morgan fingerprint density at radius 2 is 1.13 bits per heavy atom. The number of guanidine groups is 2. The van der Waals surface area contributed by atoms with Gasteiger partial charge in [0.25, 0.3) is 0 Å². The second kappa shape index (κ2) is 24.7. The molecule has 0 bridgehead atoms. The summed E-state index contributed by atoms with van der Waals surface area (Å²) in [5.74, 6) is -5.56. The van der Waals surface area contributed by atoms with Gasteiger partial charge in [-0.1, -0.05) is 27.7 Å². The number of rotatable bonds is 26. The fraction of sp³-hybridized carbons (Fsp3) is 0.667. The minimum atomic E-state index is -1.66. The zero-order valence-corrected chi connectivity index (χ0v) is 31.9. The highest BCUT2D eigenvalue weighted by molar-refractivity contribution is 5.96. The average Bonchev–Trinajstić information content (AvgIpc) is 3.61. The number of carbonyl (C=O) groups is 6. The molecule has 1 aromatic heterocycles. The van der Waals surface area contributed by atoms with Gasteiger partial charge in [-0.2, -0.15) is 0 Å². The van der Waals surface area contributed by atoms with Gasteiger partial charge in [0.2, 0.25) is 29.5 Å². The van der Waals surface area contributed by atoms with Gasteiger partial charge in [0.15, 0.2) is 11.9 Å². The molecule has 0 saturated carbocycles. The van der Waals surface area contributed by atoms with Gasteiger partial charge in [0, 0.05) is 31.4 Å². The molecule has 22 heteroatoms. The predicted octanol–water partition coefficient (Wildman–Crippen LogP) is -4.02. The van der Waals surface area contributed by atoms with E-state index in [2.05, 4.69) is 46.5 Å². The molecule has 0 aromatic carbocycles. The lowest BCUT2D eigenvalue weighted by atomic mass is 10.00. The van der Waals surface area contributed by atoms with Crippen LogP contribution in [0, 0.1) is 11.8 Å². The van der Waals surface area contributed by atoms with Crippen molar-refractivity contribution in [3.05, 3.63) is 18.2 Å². The molecule has 0 spiro atoms. The molecule has 1 heterocycles. The number of H-pyrrole nitrogens is 1. The number of aliphatic carboxylic acids is 1. The summed E-state index contributed by atoms with van der Waals surface area (Å²) < 4.78 is 0. The summed E-state index contributed by atoms with van der Waals surface area (Å²) in [6.07, 6.45) is 3.54. The van der Waals surface area contributed by atoms with Gasteiger partial charge in [-0.25, -0.2) is 9.78 Å². The number of amides is 5. The van der Waals surface area contributed by atoms with Crippen molar-refractivity contribution >= 4 is 47.4 Å². The van der Waals surface area contributed by atoms with Crippen LogP contribution in [0.3, 0.4) is 0 Å². The van der Waals surface area contributed by atoms with Gasteiger partial charge in [0.05, 0.1) is 19.0 Å². The zero-order valence-electron chi connectivity index (χ0n) is 31.9. The summed E-state index contributed by atoms with van der Waals surface area (Å²) in [6, 6.07) is -7.55. The number of hydrogen-bond acceptors (Lipinski definition) is 11. The number of nitrogens with one attached hydrogen (secondary N) is 6. The lowest BCUT2D eigenvalue weighted by Gasteiger charge is -2.27. The lowest BCUT2D eigenvalue weighted by molar-refractivity contribution is -0.143. The van der Waals surface area contributed by atoms with Gasteiger partial charge in [-0.05, 0) is 50.4 Å². The molecule has 0 aliphatic carbocycles. The molecular formula is C33H60N14O8. The Morgan fingerprint density at radius 3 is 1.55 bits per heavy atom. The fourth-order valence-electron chi connectivity index (χ4n) is 5.24. The highest BCUT2D eigenvalue weighted by atomic mass is 16.4. The zero-order chi connectivity index (χ0) is 41.7. The maximum absolute atomic E-state index is 13.9. The van der Waals surface area contributed by atoms with E-state index in [0.29, 0.717) is 12.1 Å². The number of aromatic nitrogens is 2. The SMILES string of the molecule is CC(C)C[C@H](NC(=O)[C@@H](N)CC(C)C)C(=O)N[C@@H](CCCN=C(N)N)C(=O)N[C@@H](CCCN=C(N)N)C(=O)N[C@@H](Cc1cnc[nH]1)C(=O)N[C@@H](CO)C(=O)O. The van der Waals surface area contributed by atoms with E-state index in [9.17, 15) is 39.0 Å². The minimum Gasteiger partial charge on any atom is -0.480 e. The van der Waals surface area contributed by atoms with Gasteiger partial charge in [-0.15, -0.1) is 0 Å². The largest absolute Gasteiger partial charge is 0.480 e. The first-order valence-electron chi connectivity index (χ1n) is 18.0. The summed E-state index contributed by atoms with van der Waals surface area (Å²) in [6.45, 7) is 6.80. The maximum atomic E-state index is 13.9. The number of carbonyl (C=O) groups excluding carboxylic acids is 5. The number of aliphatic hydroxyl groups is 1. The Morgan fingerprint density at radius 1 is 0.691 bits per heavy atom. The molecule has 6 atom stereocenters. The molecule has 0 unspecified atom stereocenters. The Labute approximate surface area is 320 Å².